The molecule has 0 bridgehead atoms. The number of thiophene rings is 1. The number of nitrogens with one attached hydrogen (secondary N) is 1. The highest BCUT2D eigenvalue weighted by Crippen LogP contribution is 2.34. The van der Waals surface area contributed by atoms with E-state index in [2.05, 4.69) is 29.1 Å². The van der Waals surface area contributed by atoms with Gasteiger partial charge in [-0.15, -0.1) is 11.3 Å². The normalized spacial score (nSPS) is 10.8. The van der Waals surface area contributed by atoms with Crippen LogP contribution in [0.2, 0.25) is 0 Å². The predicted octanol–water partition coefficient (Wildman–Crippen LogP) is 3.74. The average Bonchev–Trinajstić information content (AvgIpc) is 2.94. The van der Waals surface area contributed by atoms with Gasteiger partial charge in [0, 0.05) is 35.6 Å². The van der Waals surface area contributed by atoms with Gasteiger partial charge < -0.3 is 10.2 Å². The van der Waals surface area contributed by atoms with Crippen molar-refractivity contribution in [3.63, 3.8) is 0 Å². The third-order valence-electron chi connectivity index (χ3n) is 4.09. The Labute approximate surface area is 166 Å². The predicted molar refractivity (Wildman–Crippen MR) is 111 cm³/mol. The number of carbonyl (C=O) groups excluding carboxylic acids is 2. The molecule has 1 N–H and O–H groups in total. The molecule has 2 heterocycles. The molecule has 0 saturated heterocycles. The summed E-state index contributed by atoms with van der Waals surface area (Å²) >= 11 is 3.04. The van der Waals surface area contributed by atoms with E-state index in [-0.39, 0.29) is 17.6 Å². The molecule has 0 aliphatic rings. The second-order valence-electron chi connectivity index (χ2n) is 6.26. The van der Waals surface area contributed by atoms with E-state index < -0.39 is 0 Å². The lowest BCUT2D eigenvalue weighted by molar-refractivity contribution is -0.113. The van der Waals surface area contributed by atoms with Gasteiger partial charge in [0.15, 0.2) is 0 Å². The molecule has 8 heteroatoms. The minimum Gasteiger partial charge on any atom is -0.345 e. The van der Waals surface area contributed by atoms with E-state index in [0.717, 1.165) is 15.2 Å². The SMILES string of the molecule is Cc1sc2ncnc(SCC(=O)Nc3ccc(C(=O)N(C)C)cc3)c2c1C. The van der Waals surface area contributed by atoms with Crippen LogP contribution in [0.3, 0.4) is 0 Å². The molecule has 0 radical (unpaired) electrons. The first-order valence-corrected chi connectivity index (χ1v) is 10.1. The summed E-state index contributed by atoms with van der Waals surface area (Å²) in [4.78, 5) is 36.5. The second-order valence-corrected chi connectivity index (χ2v) is 8.42. The van der Waals surface area contributed by atoms with Crippen LogP contribution in [0.5, 0.6) is 0 Å². The first kappa shape index (κ1) is 19.3. The molecular formula is C19H20N4O2S2. The van der Waals surface area contributed by atoms with Crippen molar-refractivity contribution < 1.29 is 9.59 Å². The van der Waals surface area contributed by atoms with Crippen molar-refractivity contribution in [2.45, 2.75) is 18.9 Å². The van der Waals surface area contributed by atoms with Crippen molar-refractivity contribution in [3.05, 3.63) is 46.6 Å². The Morgan fingerprint density at radius 3 is 2.52 bits per heavy atom. The van der Waals surface area contributed by atoms with Crippen LogP contribution in [-0.4, -0.2) is 46.5 Å². The molecule has 2 aromatic heterocycles. The topological polar surface area (TPSA) is 75.2 Å². The molecule has 0 atom stereocenters. The van der Waals surface area contributed by atoms with Crippen LogP contribution in [0.25, 0.3) is 10.2 Å². The molecule has 0 unspecified atom stereocenters. The lowest BCUT2D eigenvalue weighted by Crippen LogP contribution is -2.21. The zero-order chi connectivity index (χ0) is 19.6. The monoisotopic (exact) mass is 400 g/mol. The van der Waals surface area contributed by atoms with E-state index in [4.69, 9.17) is 0 Å². The molecule has 6 nitrogen and oxygen atoms in total. The van der Waals surface area contributed by atoms with Crippen LogP contribution in [-0.2, 0) is 4.79 Å². The maximum absolute atomic E-state index is 12.3. The van der Waals surface area contributed by atoms with Gasteiger partial charge in [0.1, 0.15) is 16.2 Å². The Hall–Kier alpha value is -2.45. The van der Waals surface area contributed by atoms with Crippen molar-refractivity contribution >= 4 is 50.8 Å². The fraction of sp³-hybridized carbons (Fsp3) is 0.263. The minimum absolute atomic E-state index is 0.0716. The fourth-order valence-electron chi connectivity index (χ4n) is 2.54. The van der Waals surface area contributed by atoms with Crippen LogP contribution in [0.1, 0.15) is 20.8 Å². The highest BCUT2D eigenvalue weighted by atomic mass is 32.2. The summed E-state index contributed by atoms with van der Waals surface area (Å²) in [6.45, 7) is 4.12. The molecule has 0 fully saturated rings. The smallest absolute Gasteiger partial charge is 0.253 e. The van der Waals surface area contributed by atoms with E-state index in [1.54, 1.807) is 56.0 Å². The van der Waals surface area contributed by atoms with Crippen LogP contribution in [0.15, 0.2) is 35.6 Å². The number of benzene rings is 1. The Balaban J connectivity index is 1.64. The van der Waals surface area contributed by atoms with Gasteiger partial charge in [-0.05, 0) is 43.7 Å². The number of hydrogen-bond acceptors (Lipinski definition) is 6. The molecule has 0 saturated carbocycles. The van der Waals surface area contributed by atoms with Gasteiger partial charge in [0.05, 0.1) is 5.75 Å². The quantitative estimate of drug-likeness (QED) is 0.522. The number of amides is 2. The summed E-state index contributed by atoms with van der Waals surface area (Å²) in [6, 6.07) is 6.87. The Morgan fingerprint density at radius 1 is 1.15 bits per heavy atom. The van der Waals surface area contributed by atoms with Crippen molar-refractivity contribution in [2.75, 3.05) is 25.2 Å². The van der Waals surface area contributed by atoms with Crippen molar-refractivity contribution in [1.29, 1.82) is 0 Å². The van der Waals surface area contributed by atoms with E-state index in [1.165, 1.54) is 27.1 Å². The number of hydrogen-bond donors (Lipinski definition) is 1. The third kappa shape index (κ3) is 4.28. The molecule has 0 aliphatic carbocycles. The maximum atomic E-state index is 12.3. The number of fused-ring (bicyclic) bond motifs is 1. The molecule has 1 aromatic carbocycles. The highest BCUT2D eigenvalue weighted by molar-refractivity contribution is 8.00. The zero-order valence-electron chi connectivity index (χ0n) is 15.6. The van der Waals surface area contributed by atoms with Gasteiger partial charge in [-0.2, -0.15) is 0 Å². The van der Waals surface area contributed by atoms with Gasteiger partial charge >= 0.3 is 0 Å². The van der Waals surface area contributed by atoms with Gasteiger partial charge in [0.2, 0.25) is 5.91 Å². The third-order valence-corrected chi connectivity index (χ3v) is 6.20. The van der Waals surface area contributed by atoms with Crippen LogP contribution >= 0.6 is 23.1 Å². The van der Waals surface area contributed by atoms with E-state index >= 15 is 0 Å². The molecule has 2 amide bonds. The fourth-order valence-corrected chi connectivity index (χ4v) is 4.46. The summed E-state index contributed by atoms with van der Waals surface area (Å²) in [7, 11) is 3.41. The number of thioether (sulfide) groups is 1. The van der Waals surface area contributed by atoms with E-state index in [9.17, 15) is 9.59 Å². The Kier molecular flexibility index (Phi) is 5.76. The van der Waals surface area contributed by atoms with Crippen LogP contribution < -0.4 is 5.32 Å². The summed E-state index contributed by atoms with van der Waals surface area (Å²) in [5.41, 5.74) is 2.41. The Morgan fingerprint density at radius 2 is 1.85 bits per heavy atom. The number of aromatic nitrogens is 2. The first-order valence-electron chi connectivity index (χ1n) is 8.32. The molecule has 0 spiro atoms. The zero-order valence-corrected chi connectivity index (χ0v) is 17.2. The molecule has 3 aromatic rings. The summed E-state index contributed by atoms with van der Waals surface area (Å²) in [5, 5.41) is 4.70. The number of aryl methyl sites for hydroxylation is 2. The molecular weight excluding hydrogens is 380 g/mol. The van der Waals surface area contributed by atoms with Gasteiger partial charge in [-0.3, -0.25) is 9.59 Å². The molecule has 0 aliphatic heterocycles. The van der Waals surface area contributed by atoms with Crippen molar-refractivity contribution in [3.8, 4) is 0 Å². The van der Waals surface area contributed by atoms with E-state index in [0.29, 0.717) is 11.3 Å². The number of rotatable bonds is 5. The van der Waals surface area contributed by atoms with Crippen LogP contribution in [0, 0.1) is 13.8 Å². The molecule has 3 rings (SSSR count). The number of anilines is 1. The summed E-state index contributed by atoms with van der Waals surface area (Å²) in [6.07, 6.45) is 1.54. The van der Waals surface area contributed by atoms with Gasteiger partial charge in [0.25, 0.3) is 5.91 Å². The standard InChI is InChI=1S/C19H20N4O2S2/c1-11-12(2)27-18-16(11)17(20-10-21-18)26-9-15(24)22-14-7-5-13(6-8-14)19(25)23(3)4/h5-8,10H,9H2,1-4H3,(H,22,24). The summed E-state index contributed by atoms with van der Waals surface area (Å²) < 4.78 is 0. The lowest BCUT2D eigenvalue weighted by atomic mass is 10.2. The minimum atomic E-state index is -0.122. The number of carbonyl (C=O) groups is 2. The van der Waals surface area contributed by atoms with Crippen LogP contribution in [0.4, 0.5) is 5.69 Å². The lowest BCUT2D eigenvalue weighted by Gasteiger charge is -2.11. The largest absolute Gasteiger partial charge is 0.345 e. The van der Waals surface area contributed by atoms with Gasteiger partial charge in [-0.1, -0.05) is 11.8 Å². The molecule has 27 heavy (non-hydrogen) atoms. The first-order chi connectivity index (χ1) is 12.9. The van der Waals surface area contributed by atoms with E-state index in [1.807, 2.05) is 0 Å². The van der Waals surface area contributed by atoms with Gasteiger partial charge in [-0.25, -0.2) is 9.97 Å². The summed E-state index contributed by atoms with van der Waals surface area (Å²) in [5.74, 6) is 0.0550. The average molecular weight is 401 g/mol. The van der Waals surface area contributed by atoms with Crippen molar-refractivity contribution in [2.24, 2.45) is 0 Å². The number of nitrogens with zero attached hydrogens (tertiary/aromatic N) is 3. The Bertz CT molecular complexity index is 997. The second kappa shape index (κ2) is 8.06. The van der Waals surface area contributed by atoms with Crippen molar-refractivity contribution in [1.82, 2.24) is 14.9 Å². The maximum Gasteiger partial charge on any atom is 0.253 e. The highest BCUT2D eigenvalue weighted by Gasteiger charge is 2.14. The molecule has 140 valence electrons.